The molecule has 20 heavy (non-hydrogen) atoms. The smallest absolute Gasteiger partial charge is 0.254 e. The molecule has 0 aliphatic carbocycles. The lowest BCUT2D eigenvalue weighted by atomic mass is 10.2. The third kappa shape index (κ3) is 3.76. The van der Waals surface area contributed by atoms with Crippen molar-refractivity contribution in [1.82, 2.24) is 4.90 Å². The van der Waals surface area contributed by atoms with Gasteiger partial charge in [-0.25, -0.2) is 0 Å². The van der Waals surface area contributed by atoms with Gasteiger partial charge in [0.1, 0.15) is 0 Å². The van der Waals surface area contributed by atoms with E-state index in [9.17, 15) is 4.79 Å². The summed E-state index contributed by atoms with van der Waals surface area (Å²) in [5.41, 5.74) is 0.819. The van der Waals surface area contributed by atoms with Crippen LogP contribution in [0.25, 0.3) is 0 Å². The molecule has 1 aromatic rings. The highest BCUT2D eigenvalue weighted by molar-refractivity contribution is 7.99. The predicted molar refractivity (Wildman–Crippen MR) is 83.4 cm³/mol. The summed E-state index contributed by atoms with van der Waals surface area (Å²) in [6.07, 6.45) is 2.64. The summed E-state index contributed by atoms with van der Waals surface area (Å²) < 4.78 is 5.65. The zero-order valence-corrected chi connectivity index (χ0v) is 13.1. The first kappa shape index (κ1) is 15.4. The number of hydrogen-bond acceptors (Lipinski definition) is 3. The van der Waals surface area contributed by atoms with Gasteiger partial charge < -0.3 is 9.64 Å². The molecule has 1 aliphatic rings. The highest BCUT2D eigenvalue weighted by Crippen LogP contribution is 2.27. The minimum atomic E-state index is 0.130. The van der Waals surface area contributed by atoms with Crippen molar-refractivity contribution >= 4 is 17.7 Å². The van der Waals surface area contributed by atoms with Gasteiger partial charge in [0.15, 0.2) is 0 Å². The second-order valence-electron chi connectivity index (χ2n) is 4.92. The second kappa shape index (κ2) is 7.70. The lowest BCUT2D eigenvalue weighted by Crippen LogP contribution is -2.30. The van der Waals surface area contributed by atoms with Gasteiger partial charge in [0.05, 0.1) is 11.7 Å². The average molecular weight is 293 g/mol. The third-order valence-electron chi connectivity index (χ3n) is 3.62. The first-order chi connectivity index (χ1) is 9.76. The zero-order valence-electron chi connectivity index (χ0n) is 12.3. The maximum absolute atomic E-state index is 12.5. The number of rotatable bonds is 6. The Labute approximate surface area is 125 Å². The predicted octanol–water partition coefficient (Wildman–Crippen LogP) is 3.44. The van der Waals surface area contributed by atoms with Crippen LogP contribution in [-0.4, -0.2) is 42.4 Å². The Morgan fingerprint density at radius 3 is 2.75 bits per heavy atom. The molecule has 1 aromatic carbocycles. The number of benzene rings is 1. The number of thioether (sulfide) groups is 1. The molecule has 1 aliphatic heterocycles. The van der Waals surface area contributed by atoms with Crippen molar-refractivity contribution in [3.8, 4) is 0 Å². The Bertz CT molecular complexity index is 440. The van der Waals surface area contributed by atoms with Gasteiger partial charge in [0.25, 0.3) is 5.91 Å². The molecule has 0 radical (unpaired) electrons. The summed E-state index contributed by atoms with van der Waals surface area (Å²) in [4.78, 5) is 15.4. The largest absolute Gasteiger partial charge is 0.377 e. The molecule has 1 heterocycles. The van der Waals surface area contributed by atoms with E-state index >= 15 is 0 Å². The molecule has 0 bridgehead atoms. The van der Waals surface area contributed by atoms with Gasteiger partial charge in [0.2, 0.25) is 0 Å². The molecular weight excluding hydrogens is 270 g/mol. The molecule has 1 amide bonds. The van der Waals surface area contributed by atoms with Crippen LogP contribution in [-0.2, 0) is 4.74 Å². The van der Waals surface area contributed by atoms with Crippen LogP contribution in [0.15, 0.2) is 29.2 Å². The van der Waals surface area contributed by atoms with Crippen LogP contribution in [0.5, 0.6) is 0 Å². The number of carbonyl (C=O) groups is 1. The van der Waals surface area contributed by atoms with E-state index in [2.05, 4.69) is 0 Å². The molecule has 1 atom stereocenters. The molecule has 3 nitrogen and oxygen atoms in total. The fourth-order valence-corrected chi connectivity index (χ4v) is 3.52. The van der Waals surface area contributed by atoms with Gasteiger partial charge >= 0.3 is 0 Å². The highest BCUT2D eigenvalue weighted by atomic mass is 32.2. The maximum atomic E-state index is 12.5. The third-order valence-corrected chi connectivity index (χ3v) is 4.82. The minimum absolute atomic E-state index is 0.130. The first-order valence-corrected chi connectivity index (χ1v) is 8.37. The normalized spacial score (nSPS) is 18.2. The van der Waals surface area contributed by atoms with E-state index in [4.69, 9.17) is 4.74 Å². The van der Waals surface area contributed by atoms with Crippen molar-refractivity contribution < 1.29 is 9.53 Å². The summed E-state index contributed by atoms with van der Waals surface area (Å²) >= 11 is 1.74. The molecule has 1 unspecified atom stereocenters. The van der Waals surface area contributed by atoms with Gasteiger partial charge in [-0.1, -0.05) is 12.1 Å². The molecule has 0 spiro atoms. The monoisotopic (exact) mass is 293 g/mol. The second-order valence-corrected chi connectivity index (χ2v) is 5.98. The van der Waals surface area contributed by atoms with E-state index in [1.165, 1.54) is 0 Å². The van der Waals surface area contributed by atoms with Crippen molar-refractivity contribution in [3.05, 3.63) is 29.8 Å². The van der Waals surface area contributed by atoms with Crippen LogP contribution >= 0.6 is 11.8 Å². The molecule has 110 valence electrons. The lowest BCUT2D eigenvalue weighted by Gasteiger charge is -2.20. The minimum Gasteiger partial charge on any atom is -0.377 e. The fourth-order valence-electron chi connectivity index (χ4n) is 2.41. The first-order valence-electron chi connectivity index (χ1n) is 7.39. The number of nitrogens with zero attached hydrogens (tertiary/aromatic N) is 1. The summed E-state index contributed by atoms with van der Waals surface area (Å²) in [5, 5.41) is 0. The standard InChI is InChI=1S/C16H23NO2S/c1-3-17(4-2)16(18)14-9-5-6-10-15(14)20-12-13-8-7-11-19-13/h5-6,9-10,13H,3-4,7-8,11-12H2,1-2H3. The summed E-state index contributed by atoms with van der Waals surface area (Å²) in [6, 6.07) is 7.90. The van der Waals surface area contributed by atoms with Gasteiger partial charge in [-0.05, 0) is 38.8 Å². The Kier molecular flexibility index (Phi) is 5.92. The fraction of sp³-hybridized carbons (Fsp3) is 0.562. The molecule has 0 aromatic heterocycles. The molecule has 1 saturated heterocycles. The summed E-state index contributed by atoms with van der Waals surface area (Å²) in [6.45, 7) is 6.42. The molecule has 4 heteroatoms. The van der Waals surface area contributed by atoms with Crippen molar-refractivity contribution in [3.63, 3.8) is 0 Å². The van der Waals surface area contributed by atoms with E-state index < -0.39 is 0 Å². The van der Waals surface area contributed by atoms with Gasteiger partial charge in [-0.15, -0.1) is 11.8 Å². The van der Waals surface area contributed by atoms with E-state index in [-0.39, 0.29) is 5.91 Å². The van der Waals surface area contributed by atoms with E-state index in [0.29, 0.717) is 6.10 Å². The van der Waals surface area contributed by atoms with Crippen molar-refractivity contribution in [2.24, 2.45) is 0 Å². The maximum Gasteiger partial charge on any atom is 0.254 e. The van der Waals surface area contributed by atoms with Crippen molar-refractivity contribution in [1.29, 1.82) is 0 Å². The Hall–Kier alpha value is -1.00. The molecule has 1 fully saturated rings. The van der Waals surface area contributed by atoms with E-state index in [1.54, 1.807) is 11.8 Å². The number of hydrogen-bond donors (Lipinski definition) is 0. The highest BCUT2D eigenvalue weighted by Gasteiger charge is 2.19. The Morgan fingerprint density at radius 1 is 1.35 bits per heavy atom. The molecular formula is C16H23NO2S. The topological polar surface area (TPSA) is 29.5 Å². The van der Waals surface area contributed by atoms with Crippen LogP contribution in [0.3, 0.4) is 0 Å². The Morgan fingerprint density at radius 2 is 2.10 bits per heavy atom. The summed E-state index contributed by atoms with van der Waals surface area (Å²) in [7, 11) is 0. The van der Waals surface area contributed by atoms with Crippen molar-refractivity contribution in [2.45, 2.75) is 37.7 Å². The van der Waals surface area contributed by atoms with E-state index in [1.807, 2.05) is 43.0 Å². The lowest BCUT2D eigenvalue weighted by molar-refractivity contribution is 0.0769. The van der Waals surface area contributed by atoms with Gasteiger partial charge in [-0.2, -0.15) is 0 Å². The Balaban J connectivity index is 2.06. The van der Waals surface area contributed by atoms with Crippen LogP contribution < -0.4 is 0 Å². The quantitative estimate of drug-likeness (QED) is 0.753. The zero-order chi connectivity index (χ0) is 14.4. The molecule has 0 saturated carbocycles. The number of carbonyl (C=O) groups excluding carboxylic acids is 1. The number of ether oxygens (including phenoxy) is 1. The van der Waals surface area contributed by atoms with Crippen LogP contribution in [0.1, 0.15) is 37.0 Å². The SMILES string of the molecule is CCN(CC)C(=O)c1ccccc1SCC1CCCO1. The number of amides is 1. The van der Waals surface area contributed by atoms with Gasteiger partial charge in [0, 0.05) is 30.3 Å². The van der Waals surface area contributed by atoms with Crippen molar-refractivity contribution in [2.75, 3.05) is 25.4 Å². The van der Waals surface area contributed by atoms with Crippen LogP contribution in [0.4, 0.5) is 0 Å². The molecule has 2 rings (SSSR count). The van der Waals surface area contributed by atoms with Crippen LogP contribution in [0.2, 0.25) is 0 Å². The summed E-state index contributed by atoms with van der Waals surface area (Å²) in [5.74, 6) is 1.06. The van der Waals surface area contributed by atoms with Crippen LogP contribution in [0, 0.1) is 0 Å². The van der Waals surface area contributed by atoms with Gasteiger partial charge in [-0.3, -0.25) is 4.79 Å². The average Bonchev–Trinajstić information content (AvgIpc) is 3.00. The van der Waals surface area contributed by atoms with E-state index in [0.717, 1.165) is 48.7 Å². The molecule has 0 N–H and O–H groups in total.